The van der Waals surface area contributed by atoms with Crippen molar-refractivity contribution in [3.8, 4) is 5.75 Å². The number of ether oxygens (including phenoxy) is 1. The Morgan fingerprint density at radius 2 is 2.29 bits per heavy atom. The number of aromatic nitrogens is 1. The van der Waals surface area contributed by atoms with Crippen molar-refractivity contribution < 1.29 is 9.84 Å². The lowest BCUT2D eigenvalue weighted by Crippen LogP contribution is -2.43. The number of hydrogen-bond acceptors (Lipinski definition) is 5. The average Bonchev–Trinajstić information content (AvgIpc) is 2.61. The molecule has 2 heterocycles. The number of piperidine rings is 1. The second-order valence-electron chi connectivity index (χ2n) is 6.62. The fourth-order valence-corrected chi connectivity index (χ4v) is 3.41. The number of likely N-dealkylation sites (tertiary alicyclic amines) is 1. The van der Waals surface area contributed by atoms with Gasteiger partial charge in [-0.25, -0.2) is 0 Å². The van der Waals surface area contributed by atoms with Crippen LogP contribution in [0.5, 0.6) is 5.75 Å². The summed E-state index contributed by atoms with van der Waals surface area (Å²) in [6.45, 7) is 4.55. The van der Waals surface area contributed by atoms with Crippen LogP contribution in [0.15, 0.2) is 30.5 Å². The molecule has 5 heteroatoms. The van der Waals surface area contributed by atoms with Crippen molar-refractivity contribution in [2.45, 2.75) is 38.3 Å². The van der Waals surface area contributed by atoms with Crippen LogP contribution in [0.2, 0.25) is 0 Å². The van der Waals surface area contributed by atoms with E-state index in [1.165, 1.54) is 19.3 Å². The third kappa shape index (κ3) is 3.97. The lowest BCUT2D eigenvalue weighted by molar-refractivity contribution is 0.0801. The van der Waals surface area contributed by atoms with Crippen LogP contribution in [0.25, 0.3) is 10.9 Å². The lowest BCUT2D eigenvalue weighted by atomic mass is 10.0. The largest absolute Gasteiger partial charge is 0.497 e. The van der Waals surface area contributed by atoms with E-state index < -0.39 is 6.10 Å². The van der Waals surface area contributed by atoms with Gasteiger partial charge in [0.05, 0.1) is 24.4 Å². The van der Waals surface area contributed by atoms with Crippen LogP contribution in [0.3, 0.4) is 0 Å². The van der Waals surface area contributed by atoms with Crippen LogP contribution in [0, 0.1) is 0 Å². The highest BCUT2D eigenvalue weighted by atomic mass is 16.5. The molecular weight excluding hydrogens is 302 g/mol. The number of anilines is 1. The van der Waals surface area contributed by atoms with Crippen molar-refractivity contribution >= 4 is 16.6 Å². The molecule has 0 aliphatic carbocycles. The first kappa shape index (κ1) is 17.0. The maximum atomic E-state index is 10.4. The molecule has 1 aromatic heterocycles. The first-order valence-electron chi connectivity index (χ1n) is 8.76. The zero-order chi connectivity index (χ0) is 16.9. The Labute approximate surface area is 143 Å². The normalized spacial score (nSPS) is 20.0. The maximum Gasteiger partial charge on any atom is 0.121 e. The number of rotatable bonds is 6. The molecule has 1 aliphatic heterocycles. The highest BCUT2D eigenvalue weighted by molar-refractivity contribution is 5.91. The summed E-state index contributed by atoms with van der Waals surface area (Å²) in [7, 11) is 1.66. The molecule has 0 spiro atoms. The van der Waals surface area contributed by atoms with Gasteiger partial charge in [0.1, 0.15) is 5.75 Å². The monoisotopic (exact) mass is 329 g/mol. The van der Waals surface area contributed by atoms with E-state index in [-0.39, 0.29) is 0 Å². The molecule has 24 heavy (non-hydrogen) atoms. The van der Waals surface area contributed by atoms with Gasteiger partial charge in [-0.2, -0.15) is 0 Å². The van der Waals surface area contributed by atoms with Crippen LogP contribution in [0.4, 0.5) is 5.69 Å². The number of aliphatic hydroxyl groups excluding tert-OH is 1. The third-order valence-corrected chi connectivity index (χ3v) is 4.83. The molecule has 0 radical (unpaired) electrons. The lowest BCUT2D eigenvalue weighted by Gasteiger charge is -2.34. The Bertz CT molecular complexity index is 677. The summed E-state index contributed by atoms with van der Waals surface area (Å²) < 4.78 is 5.37. The molecule has 1 aromatic carbocycles. The molecule has 2 atom stereocenters. The van der Waals surface area contributed by atoms with Gasteiger partial charge in [-0.1, -0.05) is 12.5 Å². The topological polar surface area (TPSA) is 57.6 Å². The number of aliphatic hydroxyl groups is 1. The van der Waals surface area contributed by atoms with Crippen molar-refractivity contribution in [3.05, 3.63) is 30.5 Å². The molecule has 2 aromatic rings. The second-order valence-corrected chi connectivity index (χ2v) is 6.62. The number of nitrogens with zero attached hydrogens (tertiary/aromatic N) is 2. The Kier molecular flexibility index (Phi) is 5.53. The standard InChI is InChI=1S/C19H27N3O2/c1-14-6-3-4-9-22(14)13-16(23)12-21-18-11-17(24-2)10-15-7-5-8-20-19(15)18/h5,7-8,10-11,14,16,21,23H,3-4,6,9,12-13H2,1-2H3/t14-,16+/m1/s1. The molecule has 2 N–H and O–H groups in total. The van der Waals surface area contributed by atoms with Crippen molar-refractivity contribution in [2.24, 2.45) is 0 Å². The molecule has 3 rings (SSSR count). The van der Waals surface area contributed by atoms with E-state index in [2.05, 4.69) is 22.1 Å². The third-order valence-electron chi connectivity index (χ3n) is 4.83. The van der Waals surface area contributed by atoms with E-state index in [1.54, 1.807) is 13.3 Å². The van der Waals surface area contributed by atoms with E-state index in [9.17, 15) is 5.11 Å². The summed E-state index contributed by atoms with van der Waals surface area (Å²) in [6.07, 6.45) is 5.13. The highest BCUT2D eigenvalue weighted by Gasteiger charge is 2.20. The Morgan fingerprint density at radius 1 is 1.42 bits per heavy atom. The minimum atomic E-state index is -0.407. The fourth-order valence-electron chi connectivity index (χ4n) is 3.41. The highest BCUT2D eigenvalue weighted by Crippen LogP contribution is 2.27. The molecule has 5 nitrogen and oxygen atoms in total. The summed E-state index contributed by atoms with van der Waals surface area (Å²) in [6, 6.07) is 8.40. The average molecular weight is 329 g/mol. The smallest absolute Gasteiger partial charge is 0.121 e. The van der Waals surface area contributed by atoms with Gasteiger partial charge >= 0.3 is 0 Å². The molecule has 0 amide bonds. The Hall–Kier alpha value is -1.85. The Balaban J connectivity index is 1.66. The molecular formula is C19H27N3O2. The number of fused-ring (bicyclic) bond motifs is 1. The summed E-state index contributed by atoms with van der Waals surface area (Å²) >= 11 is 0. The first-order chi connectivity index (χ1) is 11.7. The van der Waals surface area contributed by atoms with E-state index in [4.69, 9.17) is 4.74 Å². The quantitative estimate of drug-likeness (QED) is 0.853. The number of methoxy groups -OCH3 is 1. The van der Waals surface area contributed by atoms with Gasteiger partial charge in [0.15, 0.2) is 0 Å². The number of hydrogen-bond donors (Lipinski definition) is 2. The van der Waals surface area contributed by atoms with E-state index in [0.717, 1.165) is 28.9 Å². The summed E-state index contributed by atoms with van der Waals surface area (Å²) in [5.41, 5.74) is 1.80. The van der Waals surface area contributed by atoms with Crippen LogP contribution in [-0.2, 0) is 0 Å². The van der Waals surface area contributed by atoms with Gasteiger partial charge in [-0.3, -0.25) is 9.88 Å². The molecule has 130 valence electrons. The van der Waals surface area contributed by atoms with Crippen LogP contribution in [-0.4, -0.2) is 53.9 Å². The fraction of sp³-hybridized carbons (Fsp3) is 0.526. The van der Waals surface area contributed by atoms with Crippen LogP contribution < -0.4 is 10.1 Å². The predicted octanol–water partition coefficient (Wildman–Crippen LogP) is 2.89. The summed E-state index contributed by atoms with van der Waals surface area (Å²) in [5.74, 6) is 0.789. The number of β-amino-alcohol motifs (C(OH)–C–C–N with tert-alkyl or cyclic N) is 1. The summed E-state index contributed by atoms with van der Waals surface area (Å²) in [5, 5.41) is 14.8. The number of nitrogens with one attached hydrogen (secondary N) is 1. The van der Waals surface area contributed by atoms with Crippen molar-refractivity contribution in [2.75, 3.05) is 32.1 Å². The van der Waals surface area contributed by atoms with Gasteiger partial charge in [0, 0.05) is 36.8 Å². The first-order valence-corrected chi connectivity index (χ1v) is 8.76. The van der Waals surface area contributed by atoms with E-state index in [0.29, 0.717) is 19.1 Å². The maximum absolute atomic E-state index is 10.4. The van der Waals surface area contributed by atoms with Gasteiger partial charge in [-0.05, 0) is 38.4 Å². The van der Waals surface area contributed by atoms with Gasteiger partial charge < -0.3 is 15.2 Å². The molecule has 1 aliphatic rings. The van der Waals surface area contributed by atoms with Gasteiger partial charge in [-0.15, -0.1) is 0 Å². The van der Waals surface area contributed by atoms with Crippen LogP contribution in [0.1, 0.15) is 26.2 Å². The summed E-state index contributed by atoms with van der Waals surface area (Å²) in [4.78, 5) is 6.84. The Morgan fingerprint density at radius 3 is 3.08 bits per heavy atom. The van der Waals surface area contributed by atoms with E-state index >= 15 is 0 Å². The van der Waals surface area contributed by atoms with Crippen LogP contribution >= 0.6 is 0 Å². The molecule has 1 fully saturated rings. The van der Waals surface area contributed by atoms with E-state index in [1.807, 2.05) is 24.3 Å². The molecule has 0 bridgehead atoms. The zero-order valence-corrected chi connectivity index (χ0v) is 14.5. The number of pyridine rings is 1. The second kappa shape index (κ2) is 7.81. The molecule has 0 unspecified atom stereocenters. The molecule has 1 saturated heterocycles. The number of benzene rings is 1. The minimum absolute atomic E-state index is 0.407. The van der Waals surface area contributed by atoms with Crippen molar-refractivity contribution in [3.63, 3.8) is 0 Å². The van der Waals surface area contributed by atoms with Crippen molar-refractivity contribution in [1.29, 1.82) is 0 Å². The van der Waals surface area contributed by atoms with Crippen molar-refractivity contribution in [1.82, 2.24) is 9.88 Å². The zero-order valence-electron chi connectivity index (χ0n) is 14.5. The molecule has 0 saturated carbocycles. The van der Waals surface area contributed by atoms with Gasteiger partial charge in [0.2, 0.25) is 0 Å². The minimum Gasteiger partial charge on any atom is -0.497 e. The SMILES string of the molecule is COc1cc(NC[C@H](O)CN2CCCC[C@H]2C)c2ncccc2c1. The predicted molar refractivity (Wildman–Crippen MR) is 97.7 cm³/mol. The van der Waals surface area contributed by atoms with Gasteiger partial charge in [0.25, 0.3) is 0 Å².